The van der Waals surface area contributed by atoms with Crippen LogP contribution in [0.25, 0.3) is 10.9 Å². The topological polar surface area (TPSA) is 50.2 Å². The molecule has 1 fully saturated rings. The Balaban J connectivity index is 1.42. The zero-order valence-corrected chi connectivity index (χ0v) is 15.3. The van der Waals surface area contributed by atoms with Gasteiger partial charge in [-0.3, -0.25) is 9.48 Å². The maximum absolute atomic E-state index is 12.7. The predicted molar refractivity (Wildman–Crippen MR) is 105 cm³/mol. The Hall–Kier alpha value is -2.82. The van der Waals surface area contributed by atoms with Crippen molar-refractivity contribution in [2.24, 2.45) is 7.05 Å². The average Bonchev–Trinajstić information content (AvgIpc) is 3.00. The molecule has 5 nitrogen and oxygen atoms in total. The Morgan fingerprint density at radius 2 is 1.88 bits per heavy atom. The molecule has 0 atom stereocenters. The van der Waals surface area contributed by atoms with Crippen molar-refractivity contribution in [3.63, 3.8) is 0 Å². The van der Waals surface area contributed by atoms with E-state index < -0.39 is 0 Å². The van der Waals surface area contributed by atoms with Crippen molar-refractivity contribution in [3.05, 3.63) is 59.8 Å². The summed E-state index contributed by atoms with van der Waals surface area (Å²) in [5, 5.41) is 8.51. The first-order valence-electron chi connectivity index (χ1n) is 9.16. The summed E-state index contributed by atoms with van der Waals surface area (Å²) in [7, 11) is 1.87. The first-order valence-corrected chi connectivity index (χ1v) is 9.16. The molecule has 2 aromatic carbocycles. The number of carbonyl (C=O) groups is 1. The van der Waals surface area contributed by atoms with Gasteiger partial charge in [-0.1, -0.05) is 30.3 Å². The number of hydrogen-bond donors (Lipinski definition) is 1. The van der Waals surface area contributed by atoms with Gasteiger partial charge in [-0.15, -0.1) is 0 Å². The van der Waals surface area contributed by atoms with Crippen molar-refractivity contribution in [3.8, 4) is 0 Å². The zero-order chi connectivity index (χ0) is 18.1. The Labute approximate surface area is 153 Å². The summed E-state index contributed by atoms with van der Waals surface area (Å²) < 4.78 is 1.77. The first kappa shape index (κ1) is 16.6. The van der Waals surface area contributed by atoms with Crippen LogP contribution in [0.15, 0.2) is 48.5 Å². The second-order valence-electron chi connectivity index (χ2n) is 7.06. The molecule has 4 rings (SSSR count). The highest BCUT2D eigenvalue weighted by Crippen LogP contribution is 2.22. The summed E-state index contributed by atoms with van der Waals surface area (Å²) in [4.78, 5) is 15.1. The smallest absolute Gasteiger partial charge is 0.272 e. The highest BCUT2D eigenvalue weighted by atomic mass is 16.2. The van der Waals surface area contributed by atoms with Crippen LogP contribution in [0.2, 0.25) is 0 Å². The Kier molecular flexibility index (Phi) is 4.37. The Morgan fingerprint density at radius 1 is 1.12 bits per heavy atom. The van der Waals surface area contributed by atoms with E-state index in [1.165, 1.54) is 11.3 Å². The molecule has 0 spiro atoms. The maximum Gasteiger partial charge on any atom is 0.272 e. The van der Waals surface area contributed by atoms with Crippen LogP contribution in [0.3, 0.4) is 0 Å². The molecule has 1 saturated heterocycles. The van der Waals surface area contributed by atoms with E-state index in [0.717, 1.165) is 36.8 Å². The molecule has 1 aliphatic rings. The van der Waals surface area contributed by atoms with Gasteiger partial charge in [-0.2, -0.15) is 5.10 Å². The van der Waals surface area contributed by atoms with Crippen LogP contribution in [-0.4, -0.2) is 34.8 Å². The van der Waals surface area contributed by atoms with Crippen LogP contribution < -0.4 is 10.2 Å². The summed E-state index contributed by atoms with van der Waals surface area (Å²) in [5.41, 5.74) is 4.04. The fourth-order valence-electron chi connectivity index (χ4n) is 3.74. The van der Waals surface area contributed by atoms with E-state index in [1.54, 1.807) is 4.68 Å². The van der Waals surface area contributed by atoms with Gasteiger partial charge in [-0.05, 0) is 43.5 Å². The van der Waals surface area contributed by atoms with Crippen molar-refractivity contribution in [2.75, 3.05) is 18.0 Å². The number of para-hydroxylation sites is 1. The van der Waals surface area contributed by atoms with E-state index >= 15 is 0 Å². The third-order valence-corrected chi connectivity index (χ3v) is 5.17. The van der Waals surface area contributed by atoms with Gasteiger partial charge in [-0.25, -0.2) is 0 Å². The highest BCUT2D eigenvalue weighted by molar-refractivity contribution is 6.04. The lowest BCUT2D eigenvalue weighted by atomic mass is 10.0. The van der Waals surface area contributed by atoms with Gasteiger partial charge in [0.05, 0.1) is 5.52 Å². The average molecular weight is 348 g/mol. The molecule has 26 heavy (non-hydrogen) atoms. The zero-order valence-electron chi connectivity index (χ0n) is 15.3. The molecule has 3 aromatic rings. The summed E-state index contributed by atoms with van der Waals surface area (Å²) in [6.45, 7) is 4.03. The molecule has 0 radical (unpaired) electrons. The number of aryl methyl sites for hydroxylation is 2. The molecule has 134 valence electrons. The number of anilines is 1. The minimum absolute atomic E-state index is 0.0733. The standard InChI is InChI=1S/C21H24N4O/c1-15-6-5-7-17(14-15)25-12-10-16(11-13-25)22-21(26)20-18-8-3-4-9-19(18)24(2)23-20/h3-9,14,16H,10-13H2,1-2H3,(H,22,26). The van der Waals surface area contributed by atoms with Gasteiger partial charge in [0.2, 0.25) is 0 Å². The van der Waals surface area contributed by atoms with Crippen LogP contribution in [0.4, 0.5) is 5.69 Å². The summed E-state index contributed by atoms with van der Waals surface area (Å²) in [5.74, 6) is -0.0733. The van der Waals surface area contributed by atoms with Gasteiger partial charge in [0.15, 0.2) is 5.69 Å². The van der Waals surface area contributed by atoms with Crippen molar-refractivity contribution >= 4 is 22.5 Å². The highest BCUT2D eigenvalue weighted by Gasteiger charge is 2.23. The fraction of sp³-hybridized carbons (Fsp3) is 0.333. The third-order valence-electron chi connectivity index (χ3n) is 5.17. The minimum atomic E-state index is -0.0733. The summed E-state index contributed by atoms with van der Waals surface area (Å²) in [6, 6.07) is 16.7. The molecule has 1 aliphatic heterocycles. The number of nitrogens with zero attached hydrogens (tertiary/aromatic N) is 3. The number of amides is 1. The van der Waals surface area contributed by atoms with Crippen LogP contribution in [0.1, 0.15) is 28.9 Å². The molecular formula is C21H24N4O. The number of nitrogens with one attached hydrogen (secondary N) is 1. The number of fused-ring (bicyclic) bond motifs is 1. The van der Waals surface area contributed by atoms with Gasteiger partial charge >= 0.3 is 0 Å². The number of piperidine rings is 1. The number of aromatic nitrogens is 2. The summed E-state index contributed by atoms with van der Waals surface area (Å²) in [6.07, 6.45) is 1.90. The number of rotatable bonds is 3. The molecule has 0 aliphatic carbocycles. The van der Waals surface area contributed by atoms with Crippen molar-refractivity contribution in [2.45, 2.75) is 25.8 Å². The lowest BCUT2D eigenvalue weighted by molar-refractivity contribution is 0.0927. The van der Waals surface area contributed by atoms with E-state index in [9.17, 15) is 4.79 Å². The minimum Gasteiger partial charge on any atom is -0.371 e. The van der Waals surface area contributed by atoms with Crippen LogP contribution >= 0.6 is 0 Å². The quantitative estimate of drug-likeness (QED) is 0.790. The number of benzene rings is 2. The van der Waals surface area contributed by atoms with Crippen LogP contribution in [0.5, 0.6) is 0 Å². The molecule has 1 aromatic heterocycles. The molecule has 0 saturated carbocycles. The third kappa shape index (κ3) is 3.17. The van der Waals surface area contributed by atoms with Crippen molar-refractivity contribution < 1.29 is 4.79 Å². The van der Waals surface area contributed by atoms with E-state index in [0.29, 0.717) is 5.69 Å². The molecular weight excluding hydrogens is 324 g/mol. The second kappa shape index (κ2) is 6.83. The number of hydrogen-bond acceptors (Lipinski definition) is 3. The Bertz CT molecular complexity index is 938. The van der Waals surface area contributed by atoms with E-state index in [4.69, 9.17) is 0 Å². The molecule has 0 bridgehead atoms. The van der Waals surface area contributed by atoms with E-state index in [1.807, 2.05) is 31.3 Å². The van der Waals surface area contributed by atoms with E-state index in [-0.39, 0.29) is 11.9 Å². The monoisotopic (exact) mass is 348 g/mol. The Morgan fingerprint density at radius 3 is 2.65 bits per heavy atom. The normalized spacial score (nSPS) is 15.4. The fourth-order valence-corrected chi connectivity index (χ4v) is 3.74. The second-order valence-corrected chi connectivity index (χ2v) is 7.06. The van der Waals surface area contributed by atoms with Gasteiger partial charge in [0.1, 0.15) is 0 Å². The molecule has 1 amide bonds. The van der Waals surface area contributed by atoms with Crippen molar-refractivity contribution in [1.29, 1.82) is 0 Å². The van der Waals surface area contributed by atoms with Crippen LogP contribution in [0, 0.1) is 6.92 Å². The molecule has 0 unspecified atom stereocenters. The predicted octanol–water partition coefficient (Wildman–Crippen LogP) is 3.28. The molecule has 5 heteroatoms. The lowest BCUT2D eigenvalue weighted by Gasteiger charge is -2.34. The first-order chi connectivity index (χ1) is 12.6. The van der Waals surface area contributed by atoms with Gasteiger partial charge < -0.3 is 10.2 Å². The maximum atomic E-state index is 12.7. The lowest BCUT2D eigenvalue weighted by Crippen LogP contribution is -2.44. The number of carbonyl (C=O) groups excluding carboxylic acids is 1. The van der Waals surface area contributed by atoms with Crippen molar-refractivity contribution in [1.82, 2.24) is 15.1 Å². The SMILES string of the molecule is Cc1cccc(N2CCC(NC(=O)c3nn(C)c4ccccc34)CC2)c1. The largest absolute Gasteiger partial charge is 0.371 e. The van der Waals surface area contributed by atoms with Gasteiger partial charge in [0.25, 0.3) is 5.91 Å². The summed E-state index contributed by atoms with van der Waals surface area (Å²) >= 11 is 0. The van der Waals surface area contributed by atoms with E-state index in [2.05, 4.69) is 46.5 Å². The molecule has 1 N–H and O–H groups in total. The van der Waals surface area contributed by atoms with Gasteiger partial charge in [0, 0.05) is 37.3 Å². The molecule has 2 heterocycles. The van der Waals surface area contributed by atoms with Crippen LogP contribution in [-0.2, 0) is 7.05 Å².